The van der Waals surface area contributed by atoms with E-state index in [1.54, 1.807) is 21.3 Å². The Bertz CT molecular complexity index is 809. The van der Waals surface area contributed by atoms with E-state index in [1.165, 1.54) is 24.8 Å². The van der Waals surface area contributed by atoms with Crippen molar-refractivity contribution in [3.63, 3.8) is 0 Å². The number of anilines is 2. The second-order valence-electron chi connectivity index (χ2n) is 6.69. The molecule has 1 aromatic carbocycles. The third-order valence-electron chi connectivity index (χ3n) is 4.82. The molecule has 2 aromatic rings. The number of hydrogen-bond acceptors (Lipinski definition) is 5. The number of piperidine rings is 1. The monoisotopic (exact) mass is 511 g/mol. The molecule has 0 amide bonds. The molecule has 0 unspecified atom stereocenters. The predicted octanol–water partition coefficient (Wildman–Crippen LogP) is 3.89. The molecule has 1 aromatic heterocycles. The third kappa shape index (κ3) is 6.38. The predicted molar refractivity (Wildman–Crippen MR) is 129 cm³/mol. The molecule has 3 rings (SSSR count). The summed E-state index contributed by atoms with van der Waals surface area (Å²) in [5.41, 5.74) is 2.04. The fourth-order valence-electron chi connectivity index (χ4n) is 3.28. The molecule has 1 aliphatic rings. The fourth-order valence-corrected chi connectivity index (χ4v) is 3.28. The largest absolute Gasteiger partial charge is 0.493 e. The first-order valence-corrected chi connectivity index (χ1v) is 9.63. The van der Waals surface area contributed by atoms with Crippen LogP contribution in [0.25, 0.3) is 0 Å². The molecule has 0 spiro atoms. The SMILES string of the molecule is CN=C(NCc1ccnc(N2CCCCC2)c1)Nc1ccc(OC)c(OC)c1.I. The Labute approximate surface area is 189 Å². The normalized spacial score (nSPS) is 14.0. The molecule has 1 fully saturated rings. The zero-order valence-corrected chi connectivity index (χ0v) is 19.6. The van der Waals surface area contributed by atoms with Gasteiger partial charge in [-0.3, -0.25) is 4.99 Å². The minimum absolute atomic E-state index is 0. The van der Waals surface area contributed by atoms with Crippen LogP contribution in [-0.2, 0) is 6.54 Å². The molecule has 0 saturated carbocycles. The summed E-state index contributed by atoms with van der Waals surface area (Å²) in [7, 11) is 5.00. The van der Waals surface area contributed by atoms with Crippen LogP contribution in [0.3, 0.4) is 0 Å². The molecule has 1 saturated heterocycles. The van der Waals surface area contributed by atoms with Gasteiger partial charge >= 0.3 is 0 Å². The molecule has 0 atom stereocenters. The van der Waals surface area contributed by atoms with Crippen molar-refractivity contribution in [3.05, 3.63) is 42.1 Å². The Morgan fingerprint density at radius 3 is 2.52 bits per heavy atom. The van der Waals surface area contributed by atoms with E-state index in [0.29, 0.717) is 24.0 Å². The lowest BCUT2D eigenvalue weighted by Gasteiger charge is -2.28. The van der Waals surface area contributed by atoms with Crippen molar-refractivity contribution in [3.8, 4) is 11.5 Å². The Morgan fingerprint density at radius 1 is 1.07 bits per heavy atom. The van der Waals surface area contributed by atoms with Crippen molar-refractivity contribution in [2.24, 2.45) is 4.99 Å². The van der Waals surface area contributed by atoms with E-state index in [1.807, 2.05) is 30.5 Å². The third-order valence-corrected chi connectivity index (χ3v) is 4.82. The van der Waals surface area contributed by atoms with E-state index in [0.717, 1.165) is 24.6 Å². The molecule has 0 aliphatic carbocycles. The Kier molecular flexibility index (Phi) is 9.30. The summed E-state index contributed by atoms with van der Waals surface area (Å²) in [5, 5.41) is 6.63. The first kappa shape index (κ1) is 23.1. The lowest BCUT2D eigenvalue weighted by Crippen LogP contribution is -2.31. The van der Waals surface area contributed by atoms with Crippen molar-refractivity contribution in [2.45, 2.75) is 25.8 Å². The first-order chi connectivity index (χ1) is 13.7. The molecule has 1 aliphatic heterocycles. The Hall–Kier alpha value is -2.23. The molecule has 0 bridgehead atoms. The maximum Gasteiger partial charge on any atom is 0.195 e. The van der Waals surface area contributed by atoms with Crippen LogP contribution in [0.4, 0.5) is 11.5 Å². The van der Waals surface area contributed by atoms with E-state index >= 15 is 0 Å². The van der Waals surface area contributed by atoms with Gasteiger partial charge in [0, 0.05) is 44.6 Å². The van der Waals surface area contributed by atoms with Gasteiger partial charge in [0.15, 0.2) is 17.5 Å². The van der Waals surface area contributed by atoms with Gasteiger partial charge < -0.3 is 25.0 Å². The number of hydrogen-bond donors (Lipinski definition) is 2. The number of benzene rings is 1. The highest BCUT2D eigenvalue weighted by molar-refractivity contribution is 14.0. The van der Waals surface area contributed by atoms with Gasteiger partial charge in [-0.25, -0.2) is 4.98 Å². The Morgan fingerprint density at radius 2 is 1.83 bits per heavy atom. The molecule has 7 nitrogen and oxygen atoms in total. The molecule has 2 N–H and O–H groups in total. The first-order valence-electron chi connectivity index (χ1n) is 9.63. The molecule has 0 radical (unpaired) electrons. The number of halogens is 1. The number of ether oxygens (including phenoxy) is 2. The van der Waals surface area contributed by atoms with Crippen LogP contribution < -0.4 is 25.0 Å². The number of nitrogens with zero attached hydrogens (tertiary/aromatic N) is 3. The van der Waals surface area contributed by atoms with Gasteiger partial charge in [-0.05, 0) is 49.1 Å². The maximum absolute atomic E-state index is 5.36. The van der Waals surface area contributed by atoms with E-state index < -0.39 is 0 Å². The zero-order chi connectivity index (χ0) is 19.8. The second kappa shape index (κ2) is 11.7. The van der Waals surface area contributed by atoms with Gasteiger partial charge in [0.2, 0.25) is 0 Å². The average Bonchev–Trinajstić information content (AvgIpc) is 2.77. The highest BCUT2D eigenvalue weighted by Gasteiger charge is 2.12. The number of nitrogens with one attached hydrogen (secondary N) is 2. The molecule has 2 heterocycles. The summed E-state index contributed by atoms with van der Waals surface area (Å²) >= 11 is 0. The summed E-state index contributed by atoms with van der Waals surface area (Å²) in [4.78, 5) is 11.2. The standard InChI is InChI=1S/C21H29N5O2.HI/c1-22-21(25-17-7-8-18(27-2)19(14-17)28-3)24-15-16-9-10-23-20(13-16)26-11-5-4-6-12-26;/h7-10,13-14H,4-6,11-12,15H2,1-3H3,(H2,22,24,25);1H. The van der Waals surface area contributed by atoms with Crippen LogP contribution in [-0.4, -0.2) is 45.3 Å². The summed E-state index contributed by atoms with van der Waals surface area (Å²) < 4.78 is 10.6. The minimum Gasteiger partial charge on any atom is -0.493 e. The summed E-state index contributed by atoms with van der Waals surface area (Å²) in [6.45, 7) is 2.84. The summed E-state index contributed by atoms with van der Waals surface area (Å²) in [6.07, 6.45) is 5.68. The van der Waals surface area contributed by atoms with Crippen LogP contribution in [0, 0.1) is 0 Å². The molecular formula is C21H30IN5O2. The van der Waals surface area contributed by atoms with Crippen molar-refractivity contribution in [2.75, 3.05) is 44.6 Å². The smallest absolute Gasteiger partial charge is 0.195 e. The minimum atomic E-state index is 0. The number of aliphatic imine (C=N–C) groups is 1. The van der Waals surface area contributed by atoms with Gasteiger partial charge in [0.25, 0.3) is 0 Å². The van der Waals surface area contributed by atoms with Crippen LogP contribution >= 0.6 is 24.0 Å². The van der Waals surface area contributed by atoms with Crippen LogP contribution in [0.15, 0.2) is 41.5 Å². The second-order valence-corrected chi connectivity index (χ2v) is 6.69. The highest BCUT2D eigenvalue weighted by Crippen LogP contribution is 2.29. The number of rotatable bonds is 6. The van der Waals surface area contributed by atoms with Crippen molar-refractivity contribution in [1.29, 1.82) is 0 Å². The number of methoxy groups -OCH3 is 2. The van der Waals surface area contributed by atoms with E-state index in [-0.39, 0.29) is 24.0 Å². The van der Waals surface area contributed by atoms with Crippen LogP contribution in [0.2, 0.25) is 0 Å². The van der Waals surface area contributed by atoms with Crippen molar-refractivity contribution >= 4 is 41.4 Å². The molecule has 158 valence electrons. The topological polar surface area (TPSA) is 71.0 Å². The maximum atomic E-state index is 5.36. The van der Waals surface area contributed by atoms with Gasteiger partial charge in [-0.1, -0.05) is 0 Å². The average molecular weight is 511 g/mol. The zero-order valence-electron chi connectivity index (χ0n) is 17.3. The summed E-state index contributed by atoms with van der Waals surface area (Å²) in [6, 6.07) is 9.86. The van der Waals surface area contributed by atoms with Crippen molar-refractivity contribution < 1.29 is 9.47 Å². The van der Waals surface area contributed by atoms with Gasteiger partial charge in [0.05, 0.1) is 14.2 Å². The highest BCUT2D eigenvalue weighted by atomic mass is 127. The molecular weight excluding hydrogens is 481 g/mol. The quantitative estimate of drug-likeness (QED) is 0.349. The van der Waals surface area contributed by atoms with E-state index in [9.17, 15) is 0 Å². The van der Waals surface area contributed by atoms with E-state index in [2.05, 4.69) is 31.6 Å². The van der Waals surface area contributed by atoms with E-state index in [4.69, 9.17) is 9.47 Å². The lowest BCUT2D eigenvalue weighted by molar-refractivity contribution is 0.355. The number of guanidine groups is 1. The van der Waals surface area contributed by atoms with Crippen LogP contribution in [0.5, 0.6) is 11.5 Å². The van der Waals surface area contributed by atoms with Crippen LogP contribution in [0.1, 0.15) is 24.8 Å². The molecule has 29 heavy (non-hydrogen) atoms. The number of aromatic nitrogens is 1. The Balaban J connectivity index is 0.00000300. The van der Waals surface area contributed by atoms with Gasteiger partial charge in [0.1, 0.15) is 5.82 Å². The lowest BCUT2D eigenvalue weighted by atomic mass is 10.1. The van der Waals surface area contributed by atoms with Gasteiger partial charge in [-0.2, -0.15) is 0 Å². The fraction of sp³-hybridized carbons (Fsp3) is 0.429. The number of pyridine rings is 1. The van der Waals surface area contributed by atoms with Gasteiger partial charge in [-0.15, -0.1) is 24.0 Å². The summed E-state index contributed by atoms with van der Waals surface area (Å²) in [5.74, 6) is 3.10. The molecule has 8 heteroatoms. The van der Waals surface area contributed by atoms with Crippen molar-refractivity contribution in [1.82, 2.24) is 10.3 Å².